The number of rotatable bonds is 5. The number of likely N-dealkylation sites (N-methyl/N-ethyl adjacent to an activating group) is 1. The van der Waals surface area contributed by atoms with Crippen LogP contribution in [0.1, 0.15) is 11.7 Å². The minimum Gasteiger partial charge on any atom is -0.387 e. The third-order valence-electron chi connectivity index (χ3n) is 3.14. The summed E-state index contributed by atoms with van der Waals surface area (Å²) in [5, 5.41) is 10.1. The van der Waals surface area contributed by atoms with Crippen molar-refractivity contribution in [2.75, 3.05) is 13.6 Å². The van der Waals surface area contributed by atoms with Crippen molar-refractivity contribution in [1.29, 1.82) is 0 Å². The maximum Gasteiger partial charge on any atom is 0.242 e. The van der Waals surface area contributed by atoms with Gasteiger partial charge in [0.2, 0.25) is 10.0 Å². The maximum atomic E-state index is 12.8. The predicted octanol–water partition coefficient (Wildman–Crippen LogP) is 2.18. The molecule has 0 aliphatic heterocycles. The van der Waals surface area contributed by atoms with Gasteiger partial charge >= 0.3 is 0 Å². The van der Waals surface area contributed by atoms with Crippen molar-refractivity contribution in [3.05, 3.63) is 66.0 Å². The van der Waals surface area contributed by atoms with E-state index in [1.165, 1.54) is 43.4 Å². The second-order valence-corrected chi connectivity index (χ2v) is 6.71. The van der Waals surface area contributed by atoms with E-state index in [1.54, 1.807) is 18.2 Å². The van der Waals surface area contributed by atoms with Gasteiger partial charge in [-0.15, -0.1) is 0 Å². The van der Waals surface area contributed by atoms with Crippen molar-refractivity contribution in [1.82, 2.24) is 4.31 Å². The lowest BCUT2D eigenvalue weighted by molar-refractivity contribution is 0.155. The third-order valence-corrected chi connectivity index (χ3v) is 4.97. The molecule has 0 saturated carbocycles. The summed E-state index contributed by atoms with van der Waals surface area (Å²) in [4.78, 5) is 0.166. The molecule has 0 aliphatic rings. The molecule has 21 heavy (non-hydrogen) atoms. The summed E-state index contributed by atoms with van der Waals surface area (Å²) < 4.78 is 38.5. The van der Waals surface area contributed by atoms with Crippen LogP contribution in [0.4, 0.5) is 4.39 Å². The average Bonchev–Trinajstić information content (AvgIpc) is 2.48. The summed E-state index contributed by atoms with van der Waals surface area (Å²) in [6.07, 6.45) is -1.02. The van der Waals surface area contributed by atoms with E-state index in [4.69, 9.17) is 0 Å². The van der Waals surface area contributed by atoms with Gasteiger partial charge in [0.05, 0.1) is 11.0 Å². The van der Waals surface area contributed by atoms with Crippen molar-refractivity contribution in [3.63, 3.8) is 0 Å². The Bertz CT molecular complexity index is 687. The molecule has 2 aromatic carbocycles. The van der Waals surface area contributed by atoms with Crippen LogP contribution in [0.15, 0.2) is 59.5 Å². The van der Waals surface area contributed by atoms with E-state index in [0.29, 0.717) is 5.56 Å². The Morgan fingerprint density at radius 2 is 1.67 bits per heavy atom. The normalized spacial score (nSPS) is 13.3. The van der Waals surface area contributed by atoms with Gasteiger partial charge in [-0.2, -0.15) is 4.31 Å². The molecule has 0 aromatic heterocycles. The Hall–Kier alpha value is -1.76. The van der Waals surface area contributed by atoms with Gasteiger partial charge in [-0.1, -0.05) is 30.3 Å². The fourth-order valence-corrected chi connectivity index (χ4v) is 3.10. The molecular formula is C15H16FNO3S. The zero-order chi connectivity index (χ0) is 15.5. The molecule has 112 valence electrons. The van der Waals surface area contributed by atoms with Crippen molar-refractivity contribution in [2.24, 2.45) is 0 Å². The number of halogens is 1. The highest BCUT2D eigenvalue weighted by Gasteiger charge is 2.23. The van der Waals surface area contributed by atoms with Crippen molar-refractivity contribution < 1.29 is 17.9 Å². The van der Waals surface area contributed by atoms with Gasteiger partial charge in [0.15, 0.2) is 0 Å². The molecule has 0 aliphatic carbocycles. The van der Waals surface area contributed by atoms with Crippen LogP contribution < -0.4 is 0 Å². The highest BCUT2D eigenvalue weighted by Crippen LogP contribution is 2.19. The van der Waals surface area contributed by atoms with E-state index in [-0.39, 0.29) is 11.4 Å². The van der Waals surface area contributed by atoms with E-state index in [1.807, 2.05) is 0 Å². The fraction of sp³-hybridized carbons (Fsp3) is 0.200. The molecule has 0 heterocycles. The molecule has 6 heteroatoms. The Labute approximate surface area is 123 Å². The van der Waals surface area contributed by atoms with Crippen LogP contribution in [0.5, 0.6) is 0 Å². The first kappa shape index (κ1) is 15.6. The van der Waals surface area contributed by atoms with Crippen molar-refractivity contribution >= 4 is 10.0 Å². The largest absolute Gasteiger partial charge is 0.387 e. The molecule has 2 rings (SSSR count). The average molecular weight is 309 g/mol. The summed E-state index contributed by atoms with van der Waals surface area (Å²) in [6.45, 7) is -0.108. The van der Waals surface area contributed by atoms with Crippen LogP contribution in [0.3, 0.4) is 0 Å². The Morgan fingerprint density at radius 1 is 1.10 bits per heavy atom. The topological polar surface area (TPSA) is 57.6 Å². The Morgan fingerprint density at radius 3 is 2.24 bits per heavy atom. The number of benzene rings is 2. The smallest absolute Gasteiger partial charge is 0.242 e. The maximum absolute atomic E-state index is 12.8. The summed E-state index contributed by atoms with van der Waals surface area (Å²) in [6, 6.07) is 13.3. The molecular weight excluding hydrogens is 293 g/mol. The lowest BCUT2D eigenvalue weighted by Crippen LogP contribution is -2.31. The summed E-state index contributed by atoms with van der Waals surface area (Å²) in [5.41, 5.74) is 0.464. The fourth-order valence-electron chi connectivity index (χ4n) is 1.90. The lowest BCUT2D eigenvalue weighted by Gasteiger charge is -2.20. The Balaban J connectivity index is 2.14. The van der Waals surface area contributed by atoms with Gasteiger partial charge in [-0.3, -0.25) is 0 Å². The van der Waals surface area contributed by atoms with Gasteiger partial charge in [0.1, 0.15) is 5.82 Å². The standard InChI is InChI=1S/C15H16FNO3S/c1-17(21(19,20)14-5-3-2-4-6-14)11-15(18)12-7-9-13(16)10-8-12/h2-10,15,18H,11H2,1H3. The van der Waals surface area contributed by atoms with Gasteiger partial charge < -0.3 is 5.11 Å². The summed E-state index contributed by atoms with van der Waals surface area (Å²) in [5.74, 6) is -0.406. The highest BCUT2D eigenvalue weighted by molar-refractivity contribution is 7.89. The van der Waals surface area contributed by atoms with Crippen LogP contribution in [0, 0.1) is 5.82 Å². The Kier molecular flexibility index (Phi) is 4.72. The lowest BCUT2D eigenvalue weighted by atomic mass is 10.1. The first-order chi connectivity index (χ1) is 9.91. The molecule has 0 radical (unpaired) electrons. The van der Waals surface area contributed by atoms with E-state index < -0.39 is 21.9 Å². The number of aliphatic hydroxyl groups excluding tert-OH is 1. The van der Waals surface area contributed by atoms with Gasteiger partial charge in [-0.25, -0.2) is 12.8 Å². The molecule has 4 nitrogen and oxygen atoms in total. The molecule has 0 bridgehead atoms. The quantitative estimate of drug-likeness (QED) is 0.921. The van der Waals surface area contributed by atoms with Crippen LogP contribution in [0.2, 0.25) is 0 Å². The van der Waals surface area contributed by atoms with Crippen molar-refractivity contribution in [3.8, 4) is 0 Å². The number of hydrogen-bond acceptors (Lipinski definition) is 3. The second kappa shape index (κ2) is 6.34. The zero-order valence-electron chi connectivity index (χ0n) is 11.5. The molecule has 1 atom stereocenters. The SMILES string of the molecule is CN(CC(O)c1ccc(F)cc1)S(=O)(=O)c1ccccc1. The number of nitrogens with zero attached hydrogens (tertiary/aromatic N) is 1. The molecule has 0 spiro atoms. The molecule has 2 aromatic rings. The molecule has 0 amide bonds. The van der Waals surface area contributed by atoms with Gasteiger partial charge in [-0.05, 0) is 29.8 Å². The van der Waals surface area contributed by atoms with E-state index in [2.05, 4.69) is 0 Å². The third kappa shape index (κ3) is 3.66. The van der Waals surface area contributed by atoms with Crippen LogP contribution >= 0.6 is 0 Å². The monoisotopic (exact) mass is 309 g/mol. The highest BCUT2D eigenvalue weighted by atomic mass is 32.2. The first-order valence-corrected chi connectivity index (χ1v) is 7.80. The zero-order valence-corrected chi connectivity index (χ0v) is 12.3. The molecule has 1 N–H and O–H groups in total. The molecule has 1 unspecified atom stereocenters. The number of sulfonamides is 1. The minimum atomic E-state index is -3.65. The molecule has 0 saturated heterocycles. The van der Waals surface area contributed by atoms with E-state index in [9.17, 15) is 17.9 Å². The van der Waals surface area contributed by atoms with E-state index >= 15 is 0 Å². The van der Waals surface area contributed by atoms with Crippen LogP contribution in [-0.4, -0.2) is 31.4 Å². The minimum absolute atomic E-state index is 0.108. The van der Waals surface area contributed by atoms with Crippen LogP contribution in [-0.2, 0) is 10.0 Å². The number of hydrogen-bond donors (Lipinski definition) is 1. The van der Waals surface area contributed by atoms with Gasteiger partial charge in [0, 0.05) is 13.6 Å². The van der Waals surface area contributed by atoms with E-state index in [0.717, 1.165) is 4.31 Å². The van der Waals surface area contributed by atoms with Gasteiger partial charge in [0.25, 0.3) is 0 Å². The summed E-state index contributed by atoms with van der Waals surface area (Å²) >= 11 is 0. The number of aliphatic hydroxyl groups is 1. The molecule has 0 fully saturated rings. The second-order valence-electron chi connectivity index (χ2n) is 4.67. The van der Waals surface area contributed by atoms with Crippen molar-refractivity contribution in [2.45, 2.75) is 11.0 Å². The summed E-state index contributed by atoms with van der Waals surface area (Å²) in [7, 11) is -2.25. The predicted molar refractivity (Wildman–Crippen MR) is 77.6 cm³/mol. The van der Waals surface area contributed by atoms with Crippen LogP contribution in [0.25, 0.3) is 0 Å². The first-order valence-electron chi connectivity index (χ1n) is 6.36.